The molecule has 3 rings (SSSR count). The zero-order valence-electron chi connectivity index (χ0n) is 11.0. The highest BCUT2D eigenvalue weighted by atomic mass is 79.9. The second kappa shape index (κ2) is 4.30. The molecule has 0 radical (unpaired) electrons. The number of nitrogens with two attached hydrogens (primary N) is 1. The van der Waals surface area contributed by atoms with Crippen LogP contribution in [-0.2, 0) is 0 Å². The molecule has 0 aliphatic heterocycles. The molecule has 0 saturated heterocycles. The Morgan fingerprint density at radius 2 is 1.84 bits per heavy atom. The molecule has 1 unspecified atom stereocenters. The van der Waals surface area contributed by atoms with Crippen LogP contribution in [0.25, 0.3) is 11.3 Å². The first-order chi connectivity index (χ1) is 8.99. The fraction of sp³-hybridized carbons (Fsp3) is 0.333. The maximum absolute atomic E-state index is 6.01. The van der Waals surface area contributed by atoms with Crippen molar-refractivity contribution in [1.29, 1.82) is 0 Å². The molecule has 1 fully saturated rings. The van der Waals surface area contributed by atoms with E-state index in [0.29, 0.717) is 17.2 Å². The lowest BCUT2D eigenvalue weighted by Crippen LogP contribution is -2.04. The van der Waals surface area contributed by atoms with Crippen molar-refractivity contribution in [3.05, 3.63) is 40.6 Å². The molecule has 19 heavy (non-hydrogen) atoms. The molecule has 1 aliphatic carbocycles. The maximum atomic E-state index is 6.01. The van der Waals surface area contributed by atoms with Gasteiger partial charge in [-0.15, -0.1) is 0 Å². The predicted octanol–water partition coefficient (Wildman–Crippen LogP) is 4.00. The monoisotopic (exact) mass is 317 g/mol. The van der Waals surface area contributed by atoms with E-state index in [4.69, 9.17) is 10.7 Å². The van der Waals surface area contributed by atoms with E-state index >= 15 is 0 Å². The molecule has 1 atom stereocenters. The first-order valence-corrected chi connectivity index (χ1v) is 7.16. The van der Waals surface area contributed by atoms with Crippen LogP contribution in [-0.4, -0.2) is 9.97 Å². The molecule has 1 aromatic carbocycles. The Hall–Kier alpha value is -1.42. The Balaban J connectivity index is 2.10. The number of anilines is 1. The van der Waals surface area contributed by atoms with Gasteiger partial charge in [-0.1, -0.05) is 44.2 Å². The normalized spacial score (nSPS) is 20.3. The fourth-order valence-corrected chi connectivity index (χ4v) is 2.74. The van der Waals surface area contributed by atoms with Crippen molar-refractivity contribution >= 4 is 21.7 Å². The summed E-state index contributed by atoms with van der Waals surface area (Å²) in [7, 11) is 0. The molecular formula is C15H16BrN3. The third-order valence-electron chi connectivity index (χ3n) is 3.77. The number of benzene rings is 1. The molecule has 1 heterocycles. The van der Waals surface area contributed by atoms with Gasteiger partial charge in [0.15, 0.2) is 0 Å². The number of rotatable bonds is 2. The number of nitrogens with zero attached hydrogens (tertiary/aromatic N) is 2. The summed E-state index contributed by atoms with van der Waals surface area (Å²) in [6.07, 6.45) is 1.13. The van der Waals surface area contributed by atoms with Crippen LogP contribution in [0.3, 0.4) is 0 Å². The van der Waals surface area contributed by atoms with Crippen LogP contribution in [0.1, 0.15) is 32.0 Å². The molecule has 1 saturated carbocycles. The van der Waals surface area contributed by atoms with E-state index in [0.717, 1.165) is 28.0 Å². The van der Waals surface area contributed by atoms with E-state index in [1.807, 2.05) is 30.3 Å². The Bertz CT molecular complexity index is 623. The van der Waals surface area contributed by atoms with Gasteiger partial charge in [-0.25, -0.2) is 9.97 Å². The van der Waals surface area contributed by atoms with Crippen molar-refractivity contribution in [2.24, 2.45) is 5.41 Å². The fourth-order valence-electron chi connectivity index (χ4n) is 2.33. The van der Waals surface area contributed by atoms with Gasteiger partial charge in [0.1, 0.15) is 11.6 Å². The van der Waals surface area contributed by atoms with Crippen LogP contribution >= 0.6 is 15.9 Å². The quantitative estimate of drug-likeness (QED) is 0.910. The van der Waals surface area contributed by atoms with Crippen LogP contribution < -0.4 is 5.73 Å². The molecule has 3 nitrogen and oxygen atoms in total. The summed E-state index contributed by atoms with van der Waals surface area (Å²) in [5, 5.41) is 0. The average molecular weight is 318 g/mol. The number of nitrogen functional groups attached to an aromatic ring is 1. The van der Waals surface area contributed by atoms with Gasteiger partial charge in [-0.05, 0) is 27.8 Å². The van der Waals surface area contributed by atoms with Gasteiger partial charge in [0.25, 0.3) is 0 Å². The number of halogens is 1. The third kappa shape index (κ3) is 2.25. The summed E-state index contributed by atoms with van der Waals surface area (Å²) in [5.74, 6) is 1.81. The molecule has 1 aliphatic rings. The van der Waals surface area contributed by atoms with E-state index in [2.05, 4.69) is 34.8 Å². The largest absolute Gasteiger partial charge is 0.383 e. The molecule has 2 N–H and O–H groups in total. The van der Waals surface area contributed by atoms with Crippen LogP contribution in [0.2, 0.25) is 0 Å². The minimum Gasteiger partial charge on any atom is -0.383 e. The molecule has 0 bridgehead atoms. The van der Waals surface area contributed by atoms with Crippen LogP contribution in [0, 0.1) is 5.41 Å². The Morgan fingerprint density at radius 3 is 2.42 bits per heavy atom. The number of aromatic nitrogens is 2. The van der Waals surface area contributed by atoms with Gasteiger partial charge in [0.05, 0.1) is 10.2 Å². The molecule has 0 spiro atoms. The Morgan fingerprint density at radius 1 is 1.21 bits per heavy atom. The average Bonchev–Trinajstić information content (AvgIpc) is 3.03. The molecule has 4 heteroatoms. The van der Waals surface area contributed by atoms with Gasteiger partial charge < -0.3 is 5.73 Å². The molecule has 1 aromatic heterocycles. The predicted molar refractivity (Wildman–Crippen MR) is 80.7 cm³/mol. The van der Waals surface area contributed by atoms with E-state index < -0.39 is 0 Å². The highest BCUT2D eigenvalue weighted by molar-refractivity contribution is 9.10. The minimum absolute atomic E-state index is 0.300. The van der Waals surface area contributed by atoms with Crippen LogP contribution in [0.5, 0.6) is 0 Å². The first-order valence-electron chi connectivity index (χ1n) is 6.37. The lowest BCUT2D eigenvalue weighted by molar-refractivity contribution is 0.609. The van der Waals surface area contributed by atoms with Crippen LogP contribution in [0.15, 0.2) is 34.8 Å². The lowest BCUT2D eigenvalue weighted by atomic mass is 10.1. The molecule has 98 valence electrons. The summed E-state index contributed by atoms with van der Waals surface area (Å²) in [5.41, 5.74) is 8.25. The summed E-state index contributed by atoms with van der Waals surface area (Å²) >= 11 is 3.50. The molecule has 2 aromatic rings. The van der Waals surface area contributed by atoms with Crippen molar-refractivity contribution in [3.8, 4) is 11.3 Å². The molecular weight excluding hydrogens is 302 g/mol. The van der Waals surface area contributed by atoms with Crippen molar-refractivity contribution in [1.82, 2.24) is 9.97 Å². The van der Waals surface area contributed by atoms with E-state index in [9.17, 15) is 0 Å². The number of hydrogen-bond donors (Lipinski definition) is 1. The molecule has 0 amide bonds. The van der Waals surface area contributed by atoms with E-state index in [-0.39, 0.29) is 0 Å². The van der Waals surface area contributed by atoms with Gasteiger partial charge >= 0.3 is 0 Å². The van der Waals surface area contributed by atoms with Crippen molar-refractivity contribution in [2.75, 3.05) is 5.73 Å². The smallest absolute Gasteiger partial charge is 0.142 e. The standard InChI is InChI=1S/C15H16BrN3/c1-15(2)8-10(15)14-18-12(11(16)13(17)19-14)9-6-4-3-5-7-9/h3-7,10H,8H2,1-2H3,(H2,17,18,19). The summed E-state index contributed by atoms with van der Waals surface area (Å²) in [4.78, 5) is 9.16. The van der Waals surface area contributed by atoms with Crippen molar-refractivity contribution in [3.63, 3.8) is 0 Å². The summed E-state index contributed by atoms with van der Waals surface area (Å²) in [6.45, 7) is 4.48. The van der Waals surface area contributed by atoms with Crippen LogP contribution in [0.4, 0.5) is 5.82 Å². The maximum Gasteiger partial charge on any atom is 0.142 e. The van der Waals surface area contributed by atoms with Gasteiger partial charge in [0.2, 0.25) is 0 Å². The van der Waals surface area contributed by atoms with Gasteiger partial charge in [-0.2, -0.15) is 0 Å². The number of hydrogen-bond acceptors (Lipinski definition) is 3. The van der Waals surface area contributed by atoms with E-state index in [1.54, 1.807) is 0 Å². The highest BCUT2D eigenvalue weighted by Gasteiger charge is 2.48. The zero-order chi connectivity index (χ0) is 13.6. The van der Waals surface area contributed by atoms with Gasteiger partial charge in [0, 0.05) is 11.5 Å². The minimum atomic E-state index is 0.300. The highest BCUT2D eigenvalue weighted by Crippen LogP contribution is 2.58. The van der Waals surface area contributed by atoms with Crippen molar-refractivity contribution in [2.45, 2.75) is 26.2 Å². The van der Waals surface area contributed by atoms with E-state index in [1.165, 1.54) is 0 Å². The Labute approximate surface area is 121 Å². The Kier molecular flexibility index (Phi) is 2.86. The first kappa shape index (κ1) is 12.6. The second-order valence-corrected chi connectivity index (χ2v) is 6.53. The summed E-state index contributed by atoms with van der Waals surface area (Å²) in [6, 6.07) is 10.1. The van der Waals surface area contributed by atoms with Crippen molar-refractivity contribution < 1.29 is 0 Å². The SMILES string of the molecule is CC1(C)CC1c1nc(N)c(Br)c(-c2ccccc2)n1. The lowest BCUT2D eigenvalue weighted by Gasteiger charge is -2.10. The third-order valence-corrected chi connectivity index (χ3v) is 4.55. The summed E-state index contributed by atoms with van der Waals surface area (Å²) < 4.78 is 0.779. The van der Waals surface area contributed by atoms with Gasteiger partial charge in [-0.3, -0.25) is 0 Å². The zero-order valence-corrected chi connectivity index (χ0v) is 12.6. The second-order valence-electron chi connectivity index (χ2n) is 5.74. The topological polar surface area (TPSA) is 51.8 Å².